The number of hydrogen-bond acceptors (Lipinski definition) is 0. The Bertz CT molecular complexity index is 112. The van der Waals surface area contributed by atoms with E-state index in [1.54, 1.807) is 0 Å². The van der Waals surface area contributed by atoms with Gasteiger partial charge in [0, 0.05) is 39.9 Å². The van der Waals surface area contributed by atoms with Crippen LogP contribution in [0.5, 0.6) is 0 Å². The van der Waals surface area contributed by atoms with Crippen LogP contribution >= 0.6 is 0 Å². The van der Waals surface area contributed by atoms with Crippen LogP contribution in [-0.4, -0.2) is 4.57 Å². The minimum absolute atomic E-state index is 0. The summed E-state index contributed by atoms with van der Waals surface area (Å²) in [6, 6.07) is 4.00. The van der Waals surface area contributed by atoms with Gasteiger partial charge in [0.1, 0.15) is 0 Å². The normalized spacial score (nSPS) is 7.57. The third kappa shape index (κ3) is 1.92. The van der Waals surface area contributed by atoms with Gasteiger partial charge < -0.3 is 4.57 Å². The molecule has 0 aliphatic carbocycles. The van der Waals surface area contributed by atoms with Crippen molar-refractivity contribution in [2.45, 2.75) is 0 Å². The molecule has 1 rings (SSSR count). The van der Waals surface area contributed by atoms with Crippen LogP contribution in [0.4, 0.5) is 0 Å². The minimum Gasteiger partial charge on any atom is -0.357 e. The van der Waals surface area contributed by atoms with Crippen LogP contribution in [0, 0.1) is 0 Å². The van der Waals surface area contributed by atoms with Crippen molar-refractivity contribution >= 4 is 0 Å². The van der Waals surface area contributed by atoms with Crippen LogP contribution in [0.3, 0.4) is 0 Å². The second-order valence-corrected chi connectivity index (χ2v) is 1.35. The van der Waals surface area contributed by atoms with E-state index in [1.165, 1.54) is 0 Å². The molecule has 42 valence electrons. The summed E-state index contributed by atoms with van der Waals surface area (Å²) in [7, 11) is 2.00. The summed E-state index contributed by atoms with van der Waals surface area (Å²) in [5.41, 5.74) is 0. The van der Waals surface area contributed by atoms with Crippen LogP contribution in [0.2, 0.25) is 0 Å². The molecular formula is C5H7NPd. The molecule has 1 heterocycles. The van der Waals surface area contributed by atoms with E-state index in [2.05, 4.69) is 0 Å². The van der Waals surface area contributed by atoms with Gasteiger partial charge in [-0.15, -0.1) is 0 Å². The summed E-state index contributed by atoms with van der Waals surface area (Å²) in [6.45, 7) is 0. The van der Waals surface area contributed by atoms with E-state index in [4.69, 9.17) is 0 Å². The first-order valence-electron chi connectivity index (χ1n) is 1.96. The van der Waals surface area contributed by atoms with Gasteiger partial charge in [0.2, 0.25) is 0 Å². The van der Waals surface area contributed by atoms with E-state index in [0.717, 1.165) is 0 Å². The molecule has 0 amide bonds. The van der Waals surface area contributed by atoms with E-state index in [1.807, 2.05) is 36.1 Å². The van der Waals surface area contributed by atoms with E-state index >= 15 is 0 Å². The molecule has 0 N–H and O–H groups in total. The van der Waals surface area contributed by atoms with Crippen molar-refractivity contribution in [3.05, 3.63) is 24.5 Å². The van der Waals surface area contributed by atoms with E-state index < -0.39 is 0 Å². The van der Waals surface area contributed by atoms with Crippen molar-refractivity contribution in [3.63, 3.8) is 0 Å². The van der Waals surface area contributed by atoms with Gasteiger partial charge in [0.15, 0.2) is 0 Å². The van der Waals surface area contributed by atoms with Gasteiger partial charge in [-0.1, -0.05) is 0 Å². The van der Waals surface area contributed by atoms with Gasteiger partial charge >= 0.3 is 0 Å². The van der Waals surface area contributed by atoms with E-state index in [-0.39, 0.29) is 20.4 Å². The molecule has 0 aliphatic heterocycles. The summed E-state index contributed by atoms with van der Waals surface area (Å²) in [5, 5.41) is 0. The Morgan fingerprint density at radius 3 is 1.71 bits per heavy atom. The molecular weight excluding hydrogens is 180 g/mol. The molecule has 0 fully saturated rings. The maximum atomic E-state index is 2.00. The molecule has 0 saturated carbocycles. The predicted molar refractivity (Wildman–Crippen MR) is 25.4 cm³/mol. The Balaban J connectivity index is 0.000000360. The fourth-order valence-electron chi connectivity index (χ4n) is 0.421. The summed E-state index contributed by atoms with van der Waals surface area (Å²) in [6.07, 6.45) is 4.00. The van der Waals surface area contributed by atoms with Crippen molar-refractivity contribution in [2.24, 2.45) is 7.05 Å². The molecule has 7 heavy (non-hydrogen) atoms. The fourth-order valence-corrected chi connectivity index (χ4v) is 0.421. The number of aromatic nitrogens is 1. The predicted octanol–water partition coefficient (Wildman–Crippen LogP) is 1.02. The Hall–Kier alpha value is -0.0577. The second-order valence-electron chi connectivity index (χ2n) is 1.35. The SMILES string of the molecule is Cn1cccc1.[Pd]. The van der Waals surface area contributed by atoms with E-state index in [0.29, 0.717) is 0 Å². The molecule has 0 aromatic carbocycles. The third-order valence-electron chi connectivity index (χ3n) is 0.754. The Labute approximate surface area is 57.0 Å². The number of aryl methyl sites for hydroxylation is 1. The van der Waals surface area contributed by atoms with Crippen molar-refractivity contribution in [1.29, 1.82) is 0 Å². The summed E-state index contributed by atoms with van der Waals surface area (Å²) >= 11 is 0. The van der Waals surface area contributed by atoms with Crippen LogP contribution in [0.1, 0.15) is 0 Å². The smallest absolute Gasteiger partial charge is 0.0106 e. The second kappa shape index (κ2) is 3.01. The molecule has 1 nitrogen and oxygen atoms in total. The molecule has 1 aromatic rings. The fraction of sp³-hybridized carbons (Fsp3) is 0.200. The zero-order valence-corrected chi connectivity index (χ0v) is 5.63. The van der Waals surface area contributed by atoms with Crippen LogP contribution in [0.15, 0.2) is 24.5 Å². The quantitative estimate of drug-likeness (QED) is 0.535. The van der Waals surface area contributed by atoms with Gasteiger partial charge in [-0.2, -0.15) is 0 Å². The molecule has 0 aliphatic rings. The molecule has 0 saturated heterocycles. The summed E-state index contributed by atoms with van der Waals surface area (Å²) in [5.74, 6) is 0. The Morgan fingerprint density at radius 2 is 1.57 bits per heavy atom. The van der Waals surface area contributed by atoms with Gasteiger partial charge in [0.05, 0.1) is 0 Å². The minimum atomic E-state index is 0. The van der Waals surface area contributed by atoms with Gasteiger partial charge in [-0.05, 0) is 12.1 Å². The maximum Gasteiger partial charge on any atom is 0.0106 e. The zero-order chi connectivity index (χ0) is 4.41. The Morgan fingerprint density at radius 1 is 1.14 bits per heavy atom. The molecule has 0 bridgehead atoms. The average molecular weight is 188 g/mol. The first-order chi connectivity index (χ1) is 2.89. The number of nitrogens with zero attached hydrogens (tertiary/aromatic N) is 1. The molecule has 0 unspecified atom stereocenters. The van der Waals surface area contributed by atoms with Gasteiger partial charge in [-0.25, -0.2) is 0 Å². The molecule has 0 radical (unpaired) electrons. The zero-order valence-electron chi connectivity index (χ0n) is 4.07. The molecule has 2 heteroatoms. The monoisotopic (exact) mass is 187 g/mol. The number of rotatable bonds is 0. The topological polar surface area (TPSA) is 4.93 Å². The van der Waals surface area contributed by atoms with Gasteiger partial charge in [0.25, 0.3) is 0 Å². The standard InChI is InChI=1S/C5H7N.Pd/c1-6-4-2-3-5-6;/h2-5H,1H3;. The van der Waals surface area contributed by atoms with Crippen molar-refractivity contribution in [3.8, 4) is 0 Å². The van der Waals surface area contributed by atoms with E-state index in [9.17, 15) is 0 Å². The average Bonchev–Trinajstić information content (AvgIpc) is 1.86. The third-order valence-corrected chi connectivity index (χ3v) is 0.754. The molecule has 0 spiro atoms. The maximum absolute atomic E-state index is 2.00. The summed E-state index contributed by atoms with van der Waals surface area (Å²) < 4.78 is 2.00. The van der Waals surface area contributed by atoms with Crippen LogP contribution < -0.4 is 0 Å². The van der Waals surface area contributed by atoms with Crippen LogP contribution in [-0.2, 0) is 27.5 Å². The largest absolute Gasteiger partial charge is 0.357 e. The molecule has 0 atom stereocenters. The van der Waals surface area contributed by atoms with Crippen LogP contribution in [0.25, 0.3) is 0 Å². The first kappa shape index (κ1) is 6.94. The van der Waals surface area contributed by atoms with Gasteiger partial charge in [-0.3, -0.25) is 0 Å². The van der Waals surface area contributed by atoms with Crippen molar-refractivity contribution in [1.82, 2.24) is 4.57 Å². The Kier molecular flexibility index (Phi) is 2.99. The first-order valence-corrected chi connectivity index (χ1v) is 1.96. The van der Waals surface area contributed by atoms with Crippen molar-refractivity contribution in [2.75, 3.05) is 0 Å². The molecule has 1 aromatic heterocycles. The number of hydrogen-bond donors (Lipinski definition) is 0. The summed E-state index contributed by atoms with van der Waals surface area (Å²) in [4.78, 5) is 0. The van der Waals surface area contributed by atoms with Crippen molar-refractivity contribution < 1.29 is 20.4 Å².